The third-order valence-corrected chi connectivity index (χ3v) is 8.25. The Kier molecular flexibility index (Phi) is 8.22. The standard InChI is InChI=1S/C31H25N9O3S2/c1-17(2)40(31-38-23(16-45-31)21-8-4-6-12-34-21)28-25(18(26(32)41)9-14-36-28)24-19(29(42)43)10-13-35-27(24)39-30-37-22(15-44-30)20-7-3-5-11-33-20/h3-17H,1-2H3,(H2,32,41)(H,42,43)(H,35,37,39). The summed E-state index contributed by atoms with van der Waals surface area (Å²) >= 11 is 2.67. The average molecular weight is 636 g/mol. The Hall–Kier alpha value is -5.60. The van der Waals surface area contributed by atoms with Gasteiger partial charge >= 0.3 is 5.97 Å². The highest BCUT2D eigenvalue weighted by atomic mass is 32.1. The van der Waals surface area contributed by atoms with Crippen molar-refractivity contribution in [1.82, 2.24) is 29.9 Å². The molecule has 6 rings (SSSR count). The van der Waals surface area contributed by atoms with Gasteiger partial charge in [-0.25, -0.2) is 24.7 Å². The van der Waals surface area contributed by atoms with Crippen LogP contribution in [0.2, 0.25) is 0 Å². The maximum absolute atomic E-state index is 12.9. The molecule has 14 heteroatoms. The number of aromatic nitrogens is 6. The lowest BCUT2D eigenvalue weighted by Gasteiger charge is -2.28. The number of hydrogen-bond acceptors (Lipinski definition) is 12. The molecule has 0 fully saturated rings. The third kappa shape index (κ3) is 5.96. The lowest BCUT2D eigenvalue weighted by molar-refractivity contribution is 0.0697. The van der Waals surface area contributed by atoms with Crippen molar-refractivity contribution < 1.29 is 14.7 Å². The number of carbonyl (C=O) groups is 2. The van der Waals surface area contributed by atoms with E-state index in [0.29, 0.717) is 33.0 Å². The molecular formula is C31H25N9O3S2. The highest BCUT2D eigenvalue weighted by Crippen LogP contribution is 2.43. The number of hydrogen-bond donors (Lipinski definition) is 3. The molecule has 0 spiro atoms. The second-order valence-corrected chi connectivity index (χ2v) is 11.6. The van der Waals surface area contributed by atoms with E-state index in [9.17, 15) is 14.7 Å². The minimum absolute atomic E-state index is 0.0685. The summed E-state index contributed by atoms with van der Waals surface area (Å²) in [5, 5.41) is 18.2. The van der Waals surface area contributed by atoms with Crippen LogP contribution in [0.15, 0.2) is 84.1 Å². The van der Waals surface area contributed by atoms with Crippen molar-refractivity contribution in [2.24, 2.45) is 5.73 Å². The molecule has 0 aromatic carbocycles. The summed E-state index contributed by atoms with van der Waals surface area (Å²) < 4.78 is 0. The summed E-state index contributed by atoms with van der Waals surface area (Å²) in [5.41, 5.74) is 8.86. The molecule has 0 aliphatic carbocycles. The zero-order valence-corrected chi connectivity index (χ0v) is 25.6. The van der Waals surface area contributed by atoms with Gasteiger partial charge in [-0.1, -0.05) is 12.1 Å². The maximum Gasteiger partial charge on any atom is 0.336 e. The normalized spacial score (nSPS) is 11.0. The van der Waals surface area contributed by atoms with E-state index in [0.717, 1.165) is 0 Å². The van der Waals surface area contributed by atoms with Gasteiger partial charge in [0.15, 0.2) is 10.3 Å². The van der Waals surface area contributed by atoms with Crippen LogP contribution in [0.4, 0.5) is 21.9 Å². The Morgan fingerprint density at radius 3 is 2.04 bits per heavy atom. The van der Waals surface area contributed by atoms with Crippen LogP contribution in [0.1, 0.15) is 34.6 Å². The molecule has 0 radical (unpaired) electrons. The van der Waals surface area contributed by atoms with Crippen LogP contribution in [0.3, 0.4) is 0 Å². The van der Waals surface area contributed by atoms with Gasteiger partial charge in [0.05, 0.1) is 22.5 Å². The number of nitrogens with one attached hydrogen (secondary N) is 1. The van der Waals surface area contributed by atoms with Gasteiger partial charge in [-0.15, -0.1) is 22.7 Å². The van der Waals surface area contributed by atoms with Gasteiger partial charge in [-0.3, -0.25) is 19.7 Å². The van der Waals surface area contributed by atoms with Crippen LogP contribution in [0.25, 0.3) is 33.9 Å². The lowest BCUT2D eigenvalue weighted by atomic mass is 9.95. The Balaban J connectivity index is 1.53. The molecule has 0 unspecified atom stereocenters. The number of nitrogens with two attached hydrogens (primary N) is 1. The van der Waals surface area contributed by atoms with Gasteiger partial charge in [-0.05, 0) is 50.2 Å². The minimum Gasteiger partial charge on any atom is -0.478 e. The number of thiazole rings is 2. The summed E-state index contributed by atoms with van der Waals surface area (Å²) in [6.45, 7) is 3.89. The summed E-state index contributed by atoms with van der Waals surface area (Å²) in [6, 6.07) is 13.7. The Morgan fingerprint density at radius 1 is 0.778 bits per heavy atom. The second-order valence-electron chi connectivity index (χ2n) is 9.88. The van der Waals surface area contributed by atoms with Crippen LogP contribution in [0, 0.1) is 0 Å². The van der Waals surface area contributed by atoms with Crippen molar-refractivity contribution in [2.45, 2.75) is 19.9 Å². The number of carbonyl (C=O) groups excluding carboxylic acids is 1. The summed E-state index contributed by atoms with van der Waals surface area (Å²) in [4.78, 5) is 54.8. The van der Waals surface area contributed by atoms with E-state index in [1.165, 1.54) is 47.2 Å². The van der Waals surface area contributed by atoms with E-state index in [-0.39, 0.29) is 39.9 Å². The zero-order chi connectivity index (χ0) is 31.5. The molecule has 6 heterocycles. The fourth-order valence-electron chi connectivity index (χ4n) is 4.70. The predicted octanol–water partition coefficient (Wildman–Crippen LogP) is 6.27. The smallest absolute Gasteiger partial charge is 0.336 e. The van der Waals surface area contributed by atoms with E-state index in [2.05, 4.69) is 30.2 Å². The van der Waals surface area contributed by atoms with Gasteiger partial charge in [0.1, 0.15) is 23.0 Å². The molecule has 6 aromatic heterocycles. The Labute approximate surface area is 265 Å². The first kappa shape index (κ1) is 29.5. The highest BCUT2D eigenvalue weighted by molar-refractivity contribution is 7.14. The van der Waals surface area contributed by atoms with Gasteiger partial charge in [0.2, 0.25) is 5.91 Å². The number of nitrogens with zero attached hydrogens (tertiary/aromatic N) is 7. The fourth-order valence-corrected chi connectivity index (χ4v) is 6.36. The van der Waals surface area contributed by atoms with Gasteiger partial charge in [-0.2, -0.15) is 0 Å². The number of rotatable bonds is 10. The van der Waals surface area contributed by atoms with Crippen LogP contribution < -0.4 is 16.0 Å². The van der Waals surface area contributed by atoms with Crippen molar-refractivity contribution >= 4 is 56.4 Å². The monoisotopic (exact) mass is 635 g/mol. The van der Waals surface area contributed by atoms with Crippen LogP contribution >= 0.6 is 22.7 Å². The second kappa shape index (κ2) is 12.6. The molecule has 0 saturated heterocycles. The first-order valence-electron chi connectivity index (χ1n) is 13.6. The molecule has 0 atom stereocenters. The van der Waals surface area contributed by atoms with E-state index >= 15 is 0 Å². The summed E-state index contributed by atoms with van der Waals surface area (Å²) in [6.07, 6.45) is 6.21. The number of aromatic carboxylic acids is 1. The molecule has 0 aliphatic rings. The number of primary amides is 1. The molecule has 0 saturated carbocycles. The predicted molar refractivity (Wildman–Crippen MR) is 174 cm³/mol. The van der Waals surface area contributed by atoms with E-state index in [1.54, 1.807) is 12.4 Å². The topological polar surface area (TPSA) is 173 Å². The zero-order valence-electron chi connectivity index (χ0n) is 23.9. The van der Waals surface area contributed by atoms with Crippen molar-refractivity contribution in [3.05, 3.63) is 95.2 Å². The summed E-state index contributed by atoms with van der Waals surface area (Å²) in [7, 11) is 0. The Bertz CT molecular complexity index is 2000. The molecule has 0 bridgehead atoms. The molecule has 4 N–H and O–H groups in total. The minimum atomic E-state index is -1.23. The van der Waals surface area contributed by atoms with Crippen LogP contribution in [0.5, 0.6) is 0 Å². The average Bonchev–Trinajstić information content (AvgIpc) is 3.72. The molecule has 45 heavy (non-hydrogen) atoms. The number of anilines is 4. The number of carboxylic acids is 1. The largest absolute Gasteiger partial charge is 0.478 e. The number of pyridine rings is 4. The summed E-state index contributed by atoms with van der Waals surface area (Å²) in [5.74, 6) is -1.54. The first-order valence-corrected chi connectivity index (χ1v) is 15.4. The van der Waals surface area contributed by atoms with Crippen LogP contribution in [-0.4, -0.2) is 52.9 Å². The molecular weight excluding hydrogens is 611 g/mol. The Morgan fingerprint density at radius 2 is 1.42 bits per heavy atom. The van der Waals surface area contributed by atoms with E-state index < -0.39 is 11.9 Å². The first-order chi connectivity index (χ1) is 21.8. The van der Waals surface area contributed by atoms with Gasteiger partial charge < -0.3 is 16.2 Å². The van der Waals surface area contributed by atoms with Crippen molar-refractivity contribution in [2.75, 3.05) is 10.2 Å². The van der Waals surface area contributed by atoms with Crippen molar-refractivity contribution in [1.29, 1.82) is 0 Å². The molecule has 224 valence electrons. The number of amides is 1. The molecule has 0 aliphatic heterocycles. The third-order valence-electron chi connectivity index (χ3n) is 6.65. The quantitative estimate of drug-likeness (QED) is 0.155. The van der Waals surface area contributed by atoms with Gasteiger partial charge in [0, 0.05) is 52.7 Å². The molecule has 12 nitrogen and oxygen atoms in total. The highest BCUT2D eigenvalue weighted by Gasteiger charge is 2.30. The van der Waals surface area contributed by atoms with Crippen molar-refractivity contribution in [3.63, 3.8) is 0 Å². The van der Waals surface area contributed by atoms with Crippen LogP contribution in [-0.2, 0) is 0 Å². The van der Waals surface area contributed by atoms with E-state index in [4.69, 9.17) is 10.7 Å². The molecule has 1 amide bonds. The van der Waals surface area contributed by atoms with Crippen molar-refractivity contribution in [3.8, 4) is 33.9 Å². The molecule has 6 aromatic rings. The lowest BCUT2D eigenvalue weighted by Crippen LogP contribution is -2.28. The number of carboxylic acid groups (broad SMARTS) is 1. The fraction of sp³-hybridized carbons (Fsp3) is 0.0968. The van der Waals surface area contributed by atoms with E-state index in [1.807, 2.05) is 65.9 Å². The maximum atomic E-state index is 12.9. The SMILES string of the molecule is CC(C)N(c1nc(-c2ccccn2)cs1)c1nccc(C(N)=O)c1-c1c(C(=O)O)ccnc1Nc1nc(-c2ccccn2)cs1. The van der Waals surface area contributed by atoms with Gasteiger partial charge in [0.25, 0.3) is 0 Å².